The average molecular weight is 335 g/mol. The average Bonchev–Trinajstić information content (AvgIpc) is 3.16. The molecule has 2 heterocycles. The van der Waals surface area contributed by atoms with E-state index < -0.39 is 0 Å². The van der Waals surface area contributed by atoms with Crippen molar-refractivity contribution in [2.24, 2.45) is 11.7 Å². The molecule has 0 saturated heterocycles. The fourth-order valence-electron chi connectivity index (χ4n) is 3.94. The molecule has 1 fully saturated rings. The standard InChI is InChI=1S/C20H25N5/c21-10-4-6-15-5-3-7-17(11-15)25-14-16(12-23-25)20-13-22-18-8-1-2-9-19(18)24-20/h1-2,8-9,12-15,17H,3-7,10-11,21H2. The lowest BCUT2D eigenvalue weighted by molar-refractivity contribution is 0.240. The highest BCUT2D eigenvalue weighted by Crippen LogP contribution is 2.35. The Kier molecular flexibility index (Phi) is 4.74. The second kappa shape index (κ2) is 7.31. The first kappa shape index (κ1) is 16.2. The van der Waals surface area contributed by atoms with Crippen molar-refractivity contribution in [2.45, 2.75) is 44.6 Å². The monoisotopic (exact) mass is 335 g/mol. The maximum Gasteiger partial charge on any atom is 0.0924 e. The molecule has 0 bridgehead atoms. The van der Waals surface area contributed by atoms with Gasteiger partial charge in [-0.15, -0.1) is 0 Å². The SMILES string of the molecule is NCCCC1CCCC(n2cc(-c3cnc4ccccc4n3)cn2)C1. The van der Waals surface area contributed by atoms with Gasteiger partial charge in [0.15, 0.2) is 0 Å². The van der Waals surface area contributed by atoms with Crippen LogP contribution in [0.25, 0.3) is 22.3 Å². The number of para-hydroxylation sites is 2. The third-order valence-corrected chi connectivity index (χ3v) is 5.29. The van der Waals surface area contributed by atoms with Gasteiger partial charge in [0.25, 0.3) is 0 Å². The Morgan fingerprint density at radius 3 is 2.88 bits per heavy atom. The number of benzene rings is 1. The first-order valence-corrected chi connectivity index (χ1v) is 9.30. The van der Waals surface area contributed by atoms with Crippen LogP contribution in [0.4, 0.5) is 0 Å². The predicted octanol–water partition coefficient (Wildman–Crippen LogP) is 3.96. The van der Waals surface area contributed by atoms with E-state index in [4.69, 9.17) is 10.7 Å². The number of aromatic nitrogens is 4. The zero-order valence-corrected chi connectivity index (χ0v) is 14.5. The normalized spacial score (nSPS) is 20.8. The van der Waals surface area contributed by atoms with Gasteiger partial charge >= 0.3 is 0 Å². The molecule has 2 aromatic heterocycles. The number of rotatable bonds is 5. The van der Waals surface area contributed by atoms with Gasteiger partial charge in [0, 0.05) is 11.8 Å². The van der Waals surface area contributed by atoms with Gasteiger partial charge in [-0.3, -0.25) is 9.67 Å². The fourth-order valence-corrected chi connectivity index (χ4v) is 3.94. The Morgan fingerprint density at radius 2 is 2.00 bits per heavy atom. The maximum absolute atomic E-state index is 5.67. The summed E-state index contributed by atoms with van der Waals surface area (Å²) >= 11 is 0. The van der Waals surface area contributed by atoms with E-state index >= 15 is 0 Å². The topological polar surface area (TPSA) is 69.6 Å². The molecule has 25 heavy (non-hydrogen) atoms. The van der Waals surface area contributed by atoms with Crippen LogP contribution in [0, 0.1) is 5.92 Å². The summed E-state index contributed by atoms with van der Waals surface area (Å²) in [5.74, 6) is 0.787. The zero-order valence-electron chi connectivity index (χ0n) is 14.5. The summed E-state index contributed by atoms with van der Waals surface area (Å²) in [6.45, 7) is 0.799. The maximum atomic E-state index is 5.67. The highest BCUT2D eigenvalue weighted by atomic mass is 15.3. The van der Waals surface area contributed by atoms with Crippen molar-refractivity contribution >= 4 is 11.0 Å². The van der Waals surface area contributed by atoms with Gasteiger partial charge in [0.05, 0.1) is 35.2 Å². The summed E-state index contributed by atoms with van der Waals surface area (Å²) in [6, 6.07) is 8.46. The Bertz CT molecular complexity index is 841. The van der Waals surface area contributed by atoms with Crippen LogP contribution in [0.2, 0.25) is 0 Å². The lowest BCUT2D eigenvalue weighted by atomic mass is 9.83. The highest BCUT2D eigenvalue weighted by Gasteiger charge is 2.23. The molecule has 0 spiro atoms. The molecular formula is C20H25N5. The van der Waals surface area contributed by atoms with Crippen molar-refractivity contribution in [3.63, 3.8) is 0 Å². The molecule has 4 rings (SSSR count). The first-order chi connectivity index (χ1) is 12.3. The summed E-state index contributed by atoms with van der Waals surface area (Å²) in [7, 11) is 0. The van der Waals surface area contributed by atoms with Crippen LogP contribution in [0.1, 0.15) is 44.6 Å². The van der Waals surface area contributed by atoms with E-state index in [2.05, 4.69) is 21.0 Å². The Hall–Kier alpha value is -2.27. The van der Waals surface area contributed by atoms with Gasteiger partial charge in [0.1, 0.15) is 0 Å². The molecular weight excluding hydrogens is 310 g/mol. The van der Waals surface area contributed by atoms with E-state index in [-0.39, 0.29) is 0 Å². The van der Waals surface area contributed by atoms with Crippen LogP contribution < -0.4 is 5.73 Å². The molecule has 2 N–H and O–H groups in total. The van der Waals surface area contributed by atoms with Crippen molar-refractivity contribution in [1.29, 1.82) is 0 Å². The van der Waals surface area contributed by atoms with Crippen molar-refractivity contribution in [2.75, 3.05) is 6.54 Å². The Balaban J connectivity index is 1.52. The summed E-state index contributed by atoms with van der Waals surface area (Å²) in [6.07, 6.45) is 13.3. The molecule has 1 aliphatic carbocycles. The van der Waals surface area contributed by atoms with Gasteiger partial charge in [-0.25, -0.2) is 4.98 Å². The molecule has 0 aliphatic heterocycles. The molecule has 1 aliphatic rings. The minimum Gasteiger partial charge on any atom is -0.330 e. The smallest absolute Gasteiger partial charge is 0.0924 e. The number of fused-ring (bicyclic) bond motifs is 1. The zero-order chi connectivity index (χ0) is 17.1. The largest absolute Gasteiger partial charge is 0.330 e. The van der Waals surface area contributed by atoms with Crippen molar-refractivity contribution in [3.05, 3.63) is 42.9 Å². The number of nitrogens with zero attached hydrogens (tertiary/aromatic N) is 4. The van der Waals surface area contributed by atoms with Gasteiger partial charge in [-0.05, 0) is 50.3 Å². The van der Waals surface area contributed by atoms with Gasteiger partial charge in [-0.1, -0.05) is 25.0 Å². The Morgan fingerprint density at radius 1 is 1.12 bits per heavy atom. The van der Waals surface area contributed by atoms with E-state index in [1.54, 1.807) is 0 Å². The van der Waals surface area contributed by atoms with E-state index in [0.717, 1.165) is 41.2 Å². The minimum absolute atomic E-state index is 0.499. The first-order valence-electron chi connectivity index (χ1n) is 9.30. The molecule has 2 unspecified atom stereocenters. The summed E-state index contributed by atoms with van der Waals surface area (Å²) in [5.41, 5.74) is 9.45. The van der Waals surface area contributed by atoms with Crippen molar-refractivity contribution in [1.82, 2.24) is 19.7 Å². The highest BCUT2D eigenvalue weighted by molar-refractivity contribution is 5.76. The van der Waals surface area contributed by atoms with Crippen molar-refractivity contribution in [3.8, 4) is 11.3 Å². The molecule has 1 saturated carbocycles. The van der Waals surface area contributed by atoms with E-state index in [9.17, 15) is 0 Å². The lowest BCUT2D eigenvalue weighted by Gasteiger charge is -2.29. The molecule has 0 radical (unpaired) electrons. The summed E-state index contributed by atoms with van der Waals surface area (Å²) in [4.78, 5) is 9.24. The van der Waals surface area contributed by atoms with Crippen LogP contribution in [-0.4, -0.2) is 26.3 Å². The molecule has 2 atom stereocenters. The van der Waals surface area contributed by atoms with Crippen molar-refractivity contribution < 1.29 is 0 Å². The van der Waals surface area contributed by atoms with Crippen LogP contribution in [0.5, 0.6) is 0 Å². The van der Waals surface area contributed by atoms with Gasteiger partial charge in [0.2, 0.25) is 0 Å². The number of hydrogen-bond donors (Lipinski definition) is 1. The second-order valence-electron chi connectivity index (χ2n) is 7.07. The molecule has 5 nitrogen and oxygen atoms in total. The third kappa shape index (κ3) is 3.56. The quantitative estimate of drug-likeness (QED) is 0.766. The molecule has 5 heteroatoms. The fraction of sp³-hybridized carbons (Fsp3) is 0.450. The van der Waals surface area contributed by atoms with Crippen LogP contribution >= 0.6 is 0 Å². The lowest BCUT2D eigenvalue weighted by Crippen LogP contribution is -2.20. The van der Waals surface area contributed by atoms with Crippen LogP contribution in [0.15, 0.2) is 42.9 Å². The van der Waals surface area contributed by atoms with E-state index in [1.807, 2.05) is 36.7 Å². The molecule has 1 aromatic carbocycles. The summed E-state index contributed by atoms with van der Waals surface area (Å²) in [5, 5.41) is 4.64. The Labute approximate surface area is 148 Å². The summed E-state index contributed by atoms with van der Waals surface area (Å²) < 4.78 is 2.14. The number of nitrogens with two attached hydrogens (primary N) is 1. The number of hydrogen-bond acceptors (Lipinski definition) is 4. The molecule has 130 valence electrons. The predicted molar refractivity (Wildman–Crippen MR) is 100 cm³/mol. The minimum atomic E-state index is 0.499. The second-order valence-corrected chi connectivity index (χ2v) is 7.07. The van der Waals surface area contributed by atoms with Crippen LogP contribution in [-0.2, 0) is 0 Å². The van der Waals surface area contributed by atoms with Gasteiger partial charge in [-0.2, -0.15) is 5.10 Å². The van der Waals surface area contributed by atoms with Crippen LogP contribution in [0.3, 0.4) is 0 Å². The van der Waals surface area contributed by atoms with E-state index in [1.165, 1.54) is 32.1 Å². The third-order valence-electron chi connectivity index (χ3n) is 5.29. The molecule has 0 amide bonds. The van der Waals surface area contributed by atoms with Gasteiger partial charge < -0.3 is 5.73 Å². The molecule has 3 aromatic rings. The van der Waals surface area contributed by atoms with E-state index in [0.29, 0.717) is 6.04 Å².